The summed E-state index contributed by atoms with van der Waals surface area (Å²) in [5.74, 6) is 0.500. The van der Waals surface area contributed by atoms with Crippen LogP contribution in [0.5, 0.6) is 0 Å². The van der Waals surface area contributed by atoms with Crippen molar-refractivity contribution in [2.45, 2.75) is 25.4 Å². The summed E-state index contributed by atoms with van der Waals surface area (Å²) in [5, 5.41) is 11.0. The molecule has 0 aliphatic heterocycles. The minimum absolute atomic E-state index is 0.0256. The lowest BCUT2D eigenvalue weighted by molar-refractivity contribution is 0.235. The fourth-order valence-corrected chi connectivity index (χ4v) is 3.30. The van der Waals surface area contributed by atoms with Crippen molar-refractivity contribution in [3.05, 3.63) is 83.1 Å². The molecule has 0 bridgehead atoms. The van der Waals surface area contributed by atoms with Crippen LogP contribution in [-0.4, -0.2) is 15.8 Å². The third-order valence-electron chi connectivity index (χ3n) is 4.74. The van der Waals surface area contributed by atoms with Gasteiger partial charge >= 0.3 is 6.03 Å². The molecule has 0 saturated heterocycles. The highest BCUT2D eigenvalue weighted by Crippen LogP contribution is 2.41. The lowest BCUT2D eigenvalue weighted by atomic mass is 10.0. The van der Waals surface area contributed by atoms with E-state index >= 15 is 0 Å². The van der Waals surface area contributed by atoms with E-state index < -0.39 is 0 Å². The van der Waals surface area contributed by atoms with E-state index in [1.807, 2.05) is 60.8 Å². The monoisotopic (exact) mass is 380 g/mol. The zero-order valence-corrected chi connectivity index (χ0v) is 15.6. The first-order valence-electron chi connectivity index (χ1n) is 9.08. The van der Waals surface area contributed by atoms with Gasteiger partial charge in [-0.1, -0.05) is 35.9 Å². The van der Waals surface area contributed by atoms with Gasteiger partial charge in [-0.15, -0.1) is 0 Å². The third-order valence-corrected chi connectivity index (χ3v) is 4.99. The highest BCUT2D eigenvalue weighted by atomic mass is 35.5. The quantitative estimate of drug-likeness (QED) is 0.662. The summed E-state index contributed by atoms with van der Waals surface area (Å²) in [5.41, 5.74) is 3.09. The van der Waals surface area contributed by atoms with Gasteiger partial charge in [0.2, 0.25) is 0 Å². The SMILES string of the molecule is O=C(NCc1cccc(-n2cccn2)c1)NC(c1ccc(Cl)cc1)C1CC1. The van der Waals surface area contributed by atoms with Crippen molar-refractivity contribution in [3.8, 4) is 5.69 Å². The number of hydrogen-bond donors (Lipinski definition) is 2. The van der Waals surface area contributed by atoms with E-state index in [1.54, 1.807) is 10.9 Å². The molecule has 1 atom stereocenters. The van der Waals surface area contributed by atoms with Gasteiger partial charge in [-0.25, -0.2) is 9.48 Å². The number of halogens is 1. The molecule has 1 aromatic heterocycles. The van der Waals surface area contributed by atoms with Crippen LogP contribution in [0, 0.1) is 5.92 Å². The number of benzene rings is 2. The van der Waals surface area contributed by atoms with Crippen LogP contribution in [0.1, 0.15) is 30.0 Å². The van der Waals surface area contributed by atoms with Crippen molar-refractivity contribution in [1.29, 1.82) is 0 Å². The highest BCUT2D eigenvalue weighted by Gasteiger charge is 2.33. The van der Waals surface area contributed by atoms with Crippen molar-refractivity contribution >= 4 is 17.6 Å². The molecule has 5 nitrogen and oxygen atoms in total. The van der Waals surface area contributed by atoms with Crippen molar-refractivity contribution in [1.82, 2.24) is 20.4 Å². The second-order valence-electron chi connectivity index (χ2n) is 6.81. The maximum atomic E-state index is 12.4. The van der Waals surface area contributed by atoms with Gasteiger partial charge in [0, 0.05) is 24.0 Å². The number of carbonyl (C=O) groups is 1. The fraction of sp³-hybridized carbons (Fsp3) is 0.238. The van der Waals surface area contributed by atoms with E-state index in [2.05, 4.69) is 15.7 Å². The van der Waals surface area contributed by atoms with Gasteiger partial charge in [0.05, 0.1) is 11.7 Å². The maximum absolute atomic E-state index is 12.4. The predicted molar refractivity (Wildman–Crippen MR) is 106 cm³/mol. The van der Waals surface area contributed by atoms with Gasteiger partial charge in [0.1, 0.15) is 0 Å². The Kier molecular flexibility index (Phi) is 5.12. The number of rotatable bonds is 6. The summed E-state index contributed by atoms with van der Waals surface area (Å²) in [6.07, 6.45) is 5.91. The first kappa shape index (κ1) is 17.6. The summed E-state index contributed by atoms with van der Waals surface area (Å²) in [7, 11) is 0. The predicted octanol–water partition coefficient (Wildman–Crippen LogP) is 4.48. The van der Waals surface area contributed by atoms with Crippen LogP contribution in [-0.2, 0) is 6.54 Å². The lowest BCUT2D eigenvalue weighted by Crippen LogP contribution is -2.38. The Labute approximate surface area is 163 Å². The first-order chi connectivity index (χ1) is 13.2. The van der Waals surface area contributed by atoms with E-state index in [1.165, 1.54) is 0 Å². The average molecular weight is 381 g/mol. The highest BCUT2D eigenvalue weighted by molar-refractivity contribution is 6.30. The zero-order valence-electron chi connectivity index (χ0n) is 14.8. The Balaban J connectivity index is 1.37. The smallest absolute Gasteiger partial charge is 0.315 e. The van der Waals surface area contributed by atoms with Crippen molar-refractivity contribution in [2.75, 3.05) is 0 Å². The molecular weight excluding hydrogens is 360 g/mol. The van der Waals surface area contributed by atoms with E-state index in [0.717, 1.165) is 29.7 Å². The van der Waals surface area contributed by atoms with Crippen LogP contribution in [0.3, 0.4) is 0 Å². The van der Waals surface area contributed by atoms with Crippen LogP contribution in [0.15, 0.2) is 67.0 Å². The van der Waals surface area contributed by atoms with E-state index in [0.29, 0.717) is 17.5 Å². The summed E-state index contributed by atoms with van der Waals surface area (Å²) in [6.45, 7) is 0.457. The topological polar surface area (TPSA) is 59.0 Å². The van der Waals surface area contributed by atoms with Gasteiger partial charge in [-0.2, -0.15) is 5.10 Å². The number of nitrogens with one attached hydrogen (secondary N) is 2. The van der Waals surface area contributed by atoms with Crippen LogP contribution in [0.25, 0.3) is 5.69 Å². The Bertz CT molecular complexity index is 904. The fourth-order valence-electron chi connectivity index (χ4n) is 3.18. The second-order valence-corrected chi connectivity index (χ2v) is 7.25. The van der Waals surface area contributed by atoms with Crippen LogP contribution in [0.2, 0.25) is 5.02 Å². The largest absolute Gasteiger partial charge is 0.334 e. The van der Waals surface area contributed by atoms with Gasteiger partial charge in [-0.3, -0.25) is 0 Å². The summed E-state index contributed by atoms with van der Waals surface area (Å²) in [6, 6.07) is 17.4. The molecule has 2 N–H and O–H groups in total. The molecule has 1 aliphatic rings. The van der Waals surface area contributed by atoms with Crippen molar-refractivity contribution in [2.24, 2.45) is 5.92 Å². The molecule has 3 aromatic rings. The van der Waals surface area contributed by atoms with E-state index in [4.69, 9.17) is 11.6 Å². The van der Waals surface area contributed by atoms with Crippen molar-refractivity contribution < 1.29 is 4.79 Å². The molecule has 0 spiro atoms. The van der Waals surface area contributed by atoms with Gasteiger partial charge in [0.25, 0.3) is 0 Å². The Hall–Kier alpha value is -2.79. The molecule has 1 saturated carbocycles. The normalized spacial score (nSPS) is 14.6. The third kappa shape index (κ3) is 4.49. The van der Waals surface area contributed by atoms with Crippen LogP contribution >= 0.6 is 11.6 Å². The van der Waals surface area contributed by atoms with Crippen molar-refractivity contribution in [3.63, 3.8) is 0 Å². The molecule has 4 rings (SSSR count). The zero-order chi connectivity index (χ0) is 18.6. The molecule has 2 aromatic carbocycles. The van der Waals surface area contributed by atoms with E-state index in [9.17, 15) is 4.79 Å². The summed E-state index contributed by atoms with van der Waals surface area (Å²) < 4.78 is 1.80. The van der Waals surface area contributed by atoms with Gasteiger partial charge in [0.15, 0.2) is 0 Å². The number of hydrogen-bond acceptors (Lipinski definition) is 2. The molecule has 1 aliphatic carbocycles. The van der Waals surface area contributed by atoms with Gasteiger partial charge < -0.3 is 10.6 Å². The van der Waals surface area contributed by atoms with E-state index in [-0.39, 0.29) is 12.1 Å². The molecule has 2 amide bonds. The second kappa shape index (κ2) is 7.84. The van der Waals surface area contributed by atoms with Crippen LogP contribution in [0.4, 0.5) is 4.79 Å². The molecular formula is C21H21ClN4O. The first-order valence-corrected chi connectivity index (χ1v) is 9.45. The molecule has 1 fully saturated rings. The molecule has 0 radical (unpaired) electrons. The number of nitrogens with zero attached hydrogens (tertiary/aromatic N) is 2. The number of carbonyl (C=O) groups excluding carboxylic acids is 1. The number of aromatic nitrogens is 2. The Morgan fingerprint density at radius 2 is 2.00 bits per heavy atom. The summed E-state index contributed by atoms with van der Waals surface area (Å²) in [4.78, 5) is 12.4. The Morgan fingerprint density at radius 3 is 2.70 bits per heavy atom. The standard InChI is InChI=1S/C21H21ClN4O/c22-18-9-7-17(8-10-18)20(16-5-6-16)25-21(27)23-14-15-3-1-4-19(13-15)26-12-2-11-24-26/h1-4,7-13,16,20H,5-6,14H2,(H2,23,25,27). The van der Waals surface area contributed by atoms with Crippen LogP contribution < -0.4 is 10.6 Å². The lowest BCUT2D eigenvalue weighted by Gasteiger charge is -2.19. The summed E-state index contributed by atoms with van der Waals surface area (Å²) >= 11 is 5.98. The number of amides is 2. The molecule has 1 unspecified atom stereocenters. The maximum Gasteiger partial charge on any atom is 0.315 e. The molecule has 27 heavy (non-hydrogen) atoms. The molecule has 6 heteroatoms. The average Bonchev–Trinajstić information content (AvgIpc) is 3.38. The van der Waals surface area contributed by atoms with Gasteiger partial charge in [-0.05, 0) is 60.2 Å². The Morgan fingerprint density at radius 1 is 1.19 bits per heavy atom. The molecule has 138 valence electrons. The number of urea groups is 1. The minimum Gasteiger partial charge on any atom is -0.334 e. The molecule has 1 heterocycles. The minimum atomic E-state index is -0.161.